The zero-order valence-electron chi connectivity index (χ0n) is 8.68. The molecular weight excluding hydrogens is 198 g/mol. The summed E-state index contributed by atoms with van der Waals surface area (Å²) >= 11 is 4.27. The third-order valence-electron chi connectivity index (χ3n) is 2.27. The van der Waals surface area contributed by atoms with E-state index in [2.05, 4.69) is 24.7 Å². The van der Waals surface area contributed by atoms with Crippen LogP contribution in [0.15, 0.2) is 11.1 Å². The van der Waals surface area contributed by atoms with Crippen LogP contribution in [-0.4, -0.2) is 20.1 Å². The van der Waals surface area contributed by atoms with Gasteiger partial charge in [-0.05, 0) is 18.1 Å². The van der Waals surface area contributed by atoms with E-state index in [0.717, 1.165) is 18.6 Å². The molecule has 0 spiro atoms. The first-order chi connectivity index (χ1) is 6.69. The molecule has 4 nitrogen and oxygen atoms in total. The molecule has 1 atom stereocenters. The normalized spacial score (nSPS) is 13.1. The summed E-state index contributed by atoms with van der Waals surface area (Å²) in [6.45, 7) is 2.81. The molecule has 1 unspecified atom stereocenters. The summed E-state index contributed by atoms with van der Waals surface area (Å²) in [5.74, 6) is 1.24. The molecule has 5 heteroatoms. The van der Waals surface area contributed by atoms with E-state index in [1.807, 2.05) is 0 Å². The van der Waals surface area contributed by atoms with E-state index in [9.17, 15) is 4.79 Å². The molecule has 0 N–H and O–H groups in total. The van der Waals surface area contributed by atoms with Crippen molar-refractivity contribution in [2.75, 3.05) is 5.75 Å². The summed E-state index contributed by atoms with van der Waals surface area (Å²) in [4.78, 5) is 11.5. The molecule has 0 aliphatic carbocycles. The topological polar surface area (TPSA) is 39.8 Å². The molecule has 0 amide bonds. The molecule has 0 aliphatic heterocycles. The van der Waals surface area contributed by atoms with Crippen LogP contribution in [0.1, 0.15) is 19.8 Å². The van der Waals surface area contributed by atoms with Crippen LogP contribution in [0.4, 0.5) is 0 Å². The third-order valence-corrected chi connectivity index (χ3v) is 2.79. The average molecular weight is 215 g/mol. The van der Waals surface area contributed by atoms with Gasteiger partial charge in [0.25, 0.3) is 0 Å². The van der Waals surface area contributed by atoms with Crippen LogP contribution in [0.25, 0.3) is 0 Å². The quantitative estimate of drug-likeness (QED) is 0.742. The molecule has 0 aromatic carbocycles. The van der Waals surface area contributed by atoms with Crippen LogP contribution >= 0.6 is 12.6 Å². The Kier molecular flexibility index (Phi) is 4.25. The second kappa shape index (κ2) is 5.24. The van der Waals surface area contributed by atoms with Gasteiger partial charge in [0, 0.05) is 7.05 Å². The summed E-state index contributed by atoms with van der Waals surface area (Å²) < 4.78 is 3.00. The first-order valence-corrected chi connectivity index (χ1v) is 5.51. The molecule has 0 bridgehead atoms. The van der Waals surface area contributed by atoms with Gasteiger partial charge in [-0.3, -0.25) is 4.57 Å². The number of aryl methyl sites for hydroxylation is 1. The van der Waals surface area contributed by atoms with Gasteiger partial charge in [0.05, 0.1) is 6.54 Å². The third kappa shape index (κ3) is 2.64. The molecule has 1 heterocycles. The van der Waals surface area contributed by atoms with Gasteiger partial charge in [0.2, 0.25) is 0 Å². The fourth-order valence-corrected chi connectivity index (χ4v) is 1.74. The lowest BCUT2D eigenvalue weighted by atomic mass is 10.1. The van der Waals surface area contributed by atoms with Gasteiger partial charge in [-0.1, -0.05) is 13.3 Å². The minimum absolute atomic E-state index is 0.0483. The van der Waals surface area contributed by atoms with Crippen LogP contribution in [0.5, 0.6) is 0 Å². The molecule has 0 aliphatic rings. The van der Waals surface area contributed by atoms with E-state index < -0.39 is 0 Å². The molecule has 1 aromatic heterocycles. The van der Waals surface area contributed by atoms with Gasteiger partial charge >= 0.3 is 5.69 Å². The van der Waals surface area contributed by atoms with E-state index >= 15 is 0 Å². The SMILES string of the molecule is CCCC(CS)Cn1ncn(C)c1=O. The lowest BCUT2D eigenvalue weighted by molar-refractivity contribution is 0.417. The Morgan fingerprint density at radius 2 is 2.36 bits per heavy atom. The molecule has 0 saturated carbocycles. The Hall–Kier alpha value is -0.710. The first kappa shape index (κ1) is 11.4. The number of hydrogen-bond acceptors (Lipinski definition) is 3. The molecule has 0 radical (unpaired) electrons. The molecule has 14 heavy (non-hydrogen) atoms. The smallest absolute Gasteiger partial charge is 0.285 e. The molecule has 0 fully saturated rings. The van der Waals surface area contributed by atoms with Gasteiger partial charge in [0.1, 0.15) is 6.33 Å². The van der Waals surface area contributed by atoms with E-state index in [1.54, 1.807) is 13.4 Å². The van der Waals surface area contributed by atoms with Gasteiger partial charge in [0.15, 0.2) is 0 Å². The summed E-state index contributed by atoms with van der Waals surface area (Å²) in [5.41, 5.74) is -0.0483. The van der Waals surface area contributed by atoms with Crippen molar-refractivity contribution in [1.82, 2.24) is 14.3 Å². The molecule has 1 rings (SSSR count). The Balaban J connectivity index is 2.67. The Morgan fingerprint density at radius 3 is 2.79 bits per heavy atom. The highest BCUT2D eigenvalue weighted by molar-refractivity contribution is 7.80. The second-order valence-electron chi connectivity index (χ2n) is 3.54. The number of nitrogens with zero attached hydrogens (tertiary/aromatic N) is 3. The maximum atomic E-state index is 11.5. The predicted molar refractivity (Wildman–Crippen MR) is 59.7 cm³/mol. The minimum Gasteiger partial charge on any atom is -0.285 e. The van der Waals surface area contributed by atoms with Gasteiger partial charge in [-0.15, -0.1) is 0 Å². The maximum absolute atomic E-state index is 11.5. The minimum atomic E-state index is -0.0483. The van der Waals surface area contributed by atoms with E-state index in [-0.39, 0.29) is 5.69 Å². The molecular formula is C9H17N3OS. The predicted octanol–water partition coefficient (Wildman–Crippen LogP) is 0.928. The highest BCUT2D eigenvalue weighted by Gasteiger charge is 2.09. The van der Waals surface area contributed by atoms with E-state index in [0.29, 0.717) is 12.5 Å². The zero-order valence-corrected chi connectivity index (χ0v) is 9.57. The van der Waals surface area contributed by atoms with E-state index in [1.165, 1.54) is 9.25 Å². The monoisotopic (exact) mass is 215 g/mol. The maximum Gasteiger partial charge on any atom is 0.345 e. The standard InChI is InChI=1S/C9H17N3OS/c1-3-4-8(6-14)5-12-9(13)11(2)7-10-12/h7-8,14H,3-6H2,1-2H3. The summed E-state index contributed by atoms with van der Waals surface area (Å²) in [6, 6.07) is 0. The van der Waals surface area contributed by atoms with Gasteiger partial charge in [-0.25, -0.2) is 9.48 Å². The highest BCUT2D eigenvalue weighted by Crippen LogP contribution is 2.09. The van der Waals surface area contributed by atoms with Crippen molar-refractivity contribution in [3.63, 3.8) is 0 Å². The second-order valence-corrected chi connectivity index (χ2v) is 3.91. The largest absolute Gasteiger partial charge is 0.345 e. The Morgan fingerprint density at radius 1 is 1.64 bits per heavy atom. The van der Waals surface area contributed by atoms with Crippen molar-refractivity contribution in [2.45, 2.75) is 26.3 Å². The van der Waals surface area contributed by atoms with Crippen molar-refractivity contribution in [2.24, 2.45) is 13.0 Å². The summed E-state index contributed by atoms with van der Waals surface area (Å²) in [6.07, 6.45) is 3.75. The first-order valence-electron chi connectivity index (χ1n) is 4.88. The summed E-state index contributed by atoms with van der Waals surface area (Å²) in [7, 11) is 1.71. The fourth-order valence-electron chi connectivity index (χ4n) is 1.44. The lowest BCUT2D eigenvalue weighted by Gasteiger charge is -2.11. The van der Waals surface area contributed by atoms with Gasteiger partial charge in [-0.2, -0.15) is 17.7 Å². The molecule has 1 aromatic rings. The Bertz CT molecular complexity index is 331. The van der Waals surface area contributed by atoms with Crippen molar-refractivity contribution in [1.29, 1.82) is 0 Å². The van der Waals surface area contributed by atoms with Crippen LogP contribution in [0.2, 0.25) is 0 Å². The van der Waals surface area contributed by atoms with Crippen LogP contribution in [0.3, 0.4) is 0 Å². The lowest BCUT2D eigenvalue weighted by Crippen LogP contribution is -2.26. The van der Waals surface area contributed by atoms with Crippen LogP contribution in [0, 0.1) is 5.92 Å². The average Bonchev–Trinajstić information content (AvgIpc) is 2.49. The molecule has 0 saturated heterocycles. The summed E-state index contributed by atoms with van der Waals surface area (Å²) in [5, 5.41) is 4.02. The highest BCUT2D eigenvalue weighted by atomic mass is 32.1. The van der Waals surface area contributed by atoms with Crippen LogP contribution < -0.4 is 5.69 Å². The number of rotatable bonds is 5. The van der Waals surface area contributed by atoms with Gasteiger partial charge < -0.3 is 0 Å². The van der Waals surface area contributed by atoms with E-state index in [4.69, 9.17) is 0 Å². The van der Waals surface area contributed by atoms with Crippen molar-refractivity contribution < 1.29 is 0 Å². The zero-order chi connectivity index (χ0) is 10.6. The van der Waals surface area contributed by atoms with Crippen molar-refractivity contribution in [3.05, 3.63) is 16.8 Å². The fraction of sp³-hybridized carbons (Fsp3) is 0.778. The van der Waals surface area contributed by atoms with Crippen molar-refractivity contribution >= 4 is 12.6 Å². The van der Waals surface area contributed by atoms with Crippen LogP contribution in [-0.2, 0) is 13.6 Å². The number of aromatic nitrogens is 3. The molecule has 80 valence electrons. The number of thiol groups is 1. The number of hydrogen-bond donors (Lipinski definition) is 1. The Labute approximate surface area is 89.3 Å². The van der Waals surface area contributed by atoms with Crippen molar-refractivity contribution in [3.8, 4) is 0 Å².